The summed E-state index contributed by atoms with van der Waals surface area (Å²) in [5.41, 5.74) is 2.16. The molecule has 2 N–H and O–H groups in total. The summed E-state index contributed by atoms with van der Waals surface area (Å²) in [4.78, 5) is 41.1. The number of carboxylic acids is 1. The molecule has 1 aromatic heterocycles. The average molecular weight is 644 g/mol. The number of likely N-dealkylation sites (tertiary alicyclic amines) is 1. The first-order valence-electron chi connectivity index (χ1n) is 15.4. The topological polar surface area (TPSA) is 91.6 Å². The molecule has 248 valence electrons. The number of hydrogen-bond acceptors (Lipinski definition) is 4. The van der Waals surface area contributed by atoms with Crippen molar-refractivity contribution >= 4 is 11.9 Å². The van der Waals surface area contributed by atoms with E-state index in [-0.39, 0.29) is 43.0 Å². The second kappa shape index (κ2) is 14.6. The quantitative estimate of drug-likeness (QED) is 0.204. The molecular formula is C35H41F4N3O4. The van der Waals surface area contributed by atoms with Crippen molar-refractivity contribution in [2.45, 2.75) is 78.6 Å². The van der Waals surface area contributed by atoms with Crippen LogP contribution in [-0.2, 0) is 16.0 Å². The highest BCUT2D eigenvalue weighted by Gasteiger charge is 2.31. The first kappa shape index (κ1) is 34.9. The summed E-state index contributed by atoms with van der Waals surface area (Å²) >= 11 is 0. The molecule has 2 aromatic carbocycles. The summed E-state index contributed by atoms with van der Waals surface area (Å²) in [6.45, 7) is 9.85. The molecule has 1 aliphatic heterocycles. The van der Waals surface area contributed by atoms with Gasteiger partial charge >= 0.3 is 5.97 Å². The van der Waals surface area contributed by atoms with Crippen LogP contribution in [0.3, 0.4) is 0 Å². The van der Waals surface area contributed by atoms with Crippen molar-refractivity contribution in [3.63, 3.8) is 0 Å². The third-order valence-corrected chi connectivity index (χ3v) is 8.45. The maximum absolute atomic E-state index is 15.7. The van der Waals surface area contributed by atoms with E-state index in [1.54, 1.807) is 26.8 Å². The number of halogens is 4. The minimum atomic E-state index is -3.11. The second-order valence-electron chi connectivity index (χ2n) is 12.7. The monoisotopic (exact) mass is 643 g/mol. The molecule has 7 nitrogen and oxygen atoms in total. The predicted molar refractivity (Wildman–Crippen MR) is 168 cm³/mol. The lowest BCUT2D eigenvalue weighted by Crippen LogP contribution is -2.49. The summed E-state index contributed by atoms with van der Waals surface area (Å²) in [5, 5.41) is 12.4. The highest BCUT2D eigenvalue weighted by molar-refractivity contribution is 5.82. The Morgan fingerprint density at radius 3 is 2.24 bits per heavy atom. The van der Waals surface area contributed by atoms with E-state index < -0.39 is 59.9 Å². The van der Waals surface area contributed by atoms with Gasteiger partial charge in [0, 0.05) is 31.4 Å². The Kier molecular flexibility index (Phi) is 11.1. The van der Waals surface area contributed by atoms with Crippen LogP contribution in [0.2, 0.25) is 0 Å². The molecule has 1 amide bonds. The van der Waals surface area contributed by atoms with Crippen molar-refractivity contribution in [2.75, 3.05) is 19.6 Å². The molecule has 0 saturated carbocycles. The standard InChI is InChI=1S/C35H41F4N3O4/c1-19(2)11-29(42-16-23(9-10-41-17-25(36)18-41)13-27(33(38)39)35(42)46)34(45)40-28(15-30(43)44)26-14-24(12-22(5)32(26)37)31-20(3)7-6-8-21(31)4/h6-8,12-14,16,19,25,28-29,33H,9-11,15,17-18H2,1-5H3,(H,40,45)(H,43,44)/t28-,29?/m0/s1. The molecule has 0 bridgehead atoms. The van der Waals surface area contributed by atoms with Crippen LogP contribution in [0.25, 0.3) is 11.1 Å². The van der Waals surface area contributed by atoms with Gasteiger partial charge in [0.2, 0.25) is 5.91 Å². The van der Waals surface area contributed by atoms with Crippen molar-refractivity contribution in [1.82, 2.24) is 14.8 Å². The Labute approximate surface area is 266 Å². The van der Waals surface area contributed by atoms with Crippen molar-refractivity contribution in [3.8, 4) is 11.1 Å². The number of benzene rings is 2. The molecule has 46 heavy (non-hydrogen) atoms. The van der Waals surface area contributed by atoms with Gasteiger partial charge in [-0.15, -0.1) is 0 Å². The van der Waals surface area contributed by atoms with Crippen molar-refractivity contribution < 1.29 is 32.3 Å². The first-order valence-corrected chi connectivity index (χ1v) is 15.4. The number of pyridine rings is 1. The van der Waals surface area contributed by atoms with Crippen LogP contribution < -0.4 is 10.9 Å². The van der Waals surface area contributed by atoms with E-state index in [1.165, 1.54) is 12.3 Å². The lowest BCUT2D eigenvalue weighted by atomic mass is 9.90. The smallest absolute Gasteiger partial charge is 0.305 e. The lowest BCUT2D eigenvalue weighted by Gasteiger charge is -2.34. The van der Waals surface area contributed by atoms with Gasteiger partial charge < -0.3 is 15.0 Å². The zero-order chi connectivity index (χ0) is 33.9. The molecule has 3 aromatic rings. The van der Waals surface area contributed by atoms with E-state index >= 15 is 4.39 Å². The fourth-order valence-corrected chi connectivity index (χ4v) is 6.13. The molecule has 0 spiro atoms. The number of carboxylic acid groups (broad SMARTS) is 1. The summed E-state index contributed by atoms with van der Waals surface area (Å²) in [7, 11) is 0. The molecule has 0 radical (unpaired) electrons. The molecule has 0 aliphatic carbocycles. The number of carbonyl (C=O) groups excluding carboxylic acids is 1. The van der Waals surface area contributed by atoms with Crippen molar-refractivity contribution in [2.24, 2.45) is 5.92 Å². The highest BCUT2D eigenvalue weighted by Crippen LogP contribution is 2.34. The molecule has 1 fully saturated rings. The van der Waals surface area contributed by atoms with Crippen LogP contribution in [0.5, 0.6) is 0 Å². The number of aromatic nitrogens is 1. The van der Waals surface area contributed by atoms with Gasteiger partial charge in [0.15, 0.2) is 0 Å². The summed E-state index contributed by atoms with van der Waals surface area (Å²) in [6, 6.07) is 7.42. The van der Waals surface area contributed by atoms with Crippen molar-refractivity contribution in [1.29, 1.82) is 0 Å². The third-order valence-electron chi connectivity index (χ3n) is 8.45. The normalized spacial score (nSPS) is 15.2. The summed E-state index contributed by atoms with van der Waals surface area (Å²) < 4.78 is 58.1. The van der Waals surface area contributed by atoms with E-state index in [1.807, 2.05) is 36.9 Å². The number of aryl methyl sites for hydroxylation is 3. The SMILES string of the molecule is Cc1cc(-c2c(C)cccc2C)cc([C@H](CC(=O)O)NC(=O)C(CC(C)C)n2cc(CCN3CC(F)C3)cc(C(F)F)c2=O)c1F. The molecular weight excluding hydrogens is 602 g/mol. The van der Waals surface area contributed by atoms with Crippen LogP contribution in [0, 0.1) is 32.5 Å². The zero-order valence-corrected chi connectivity index (χ0v) is 26.7. The maximum atomic E-state index is 15.7. The average Bonchev–Trinajstić information content (AvgIpc) is 2.94. The van der Waals surface area contributed by atoms with Gasteiger partial charge in [0.1, 0.15) is 18.0 Å². The van der Waals surface area contributed by atoms with Crippen LogP contribution >= 0.6 is 0 Å². The Bertz CT molecular complexity index is 1630. The Morgan fingerprint density at radius 1 is 1.02 bits per heavy atom. The molecule has 1 saturated heterocycles. The molecule has 2 heterocycles. The molecule has 4 rings (SSSR count). The zero-order valence-electron chi connectivity index (χ0n) is 26.7. The first-order chi connectivity index (χ1) is 21.7. The molecule has 2 atom stereocenters. The third kappa shape index (κ3) is 8.04. The van der Waals surface area contributed by atoms with Crippen molar-refractivity contribution in [3.05, 3.63) is 92.1 Å². The number of rotatable bonds is 13. The van der Waals surface area contributed by atoms with E-state index in [2.05, 4.69) is 5.32 Å². The van der Waals surface area contributed by atoms with E-state index in [9.17, 15) is 32.7 Å². The Hall–Kier alpha value is -3.99. The van der Waals surface area contributed by atoms with Crippen LogP contribution in [-0.4, -0.2) is 52.3 Å². The fraction of sp³-hybridized carbons (Fsp3) is 0.457. The van der Waals surface area contributed by atoms with E-state index in [0.29, 0.717) is 17.7 Å². The highest BCUT2D eigenvalue weighted by atomic mass is 19.3. The maximum Gasteiger partial charge on any atom is 0.305 e. The summed E-state index contributed by atoms with van der Waals surface area (Å²) in [5.74, 6) is -2.94. The van der Waals surface area contributed by atoms with Gasteiger partial charge in [-0.2, -0.15) is 0 Å². The predicted octanol–water partition coefficient (Wildman–Crippen LogP) is 6.63. The molecule has 1 aliphatic rings. The largest absolute Gasteiger partial charge is 0.481 e. The van der Waals surface area contributed by atoms with Gasteiger partial charge in [0.05, 0.1) is 18.0 Å². The fourth-order valence-electron chi connectivity index (χ4n) is 6.13. The number of hydrogen-bond donors (Lipinski definition) is 2. The van der Waals surface area contributed by atoms with E-state index in [0.717, 1.165) is 27.3 Å². The van der Waals surface area contributed by atoms with Gasteiger partial charge in [-0.1, -0.05) is 32.0 Å². The minimum absolute atomic E-state index is 0.0354. The Balaban J connectivity index is 1.75. The van der Waals surface area contributed by atoms with Crippen LogP contribution in [0.4, 0.5) is 17.6 Å². The Morgan fingerprint density at radius 2 is 1.67 bits per heavy atom. The lowest BCUT2D eigenvalue weighted by molar-refractivity contribution is -0.138. The molecule has 11 heteroatoms. The minimum Gasteiger partial charge on any atom is -0.481 e. The summed E-state index contributed by atoms with van der Waals surface area (Å²) in [6.07, 6.45) is -3.01. The van der Waals surface area contributed by atoms with Crippen LogP contribution in [0.1, 0.15) is 78.6 Å². The van der Waals surface area contributed by atoms with Gasteiger partial charge in [-0.3, -0.25) is 19.3 Å². The number of aliphatic carboxylic acids is 1. The van der Waals surface area contributed by atoms with Gasteiger partial charge in [-0.05, 0) is 91.1 Å². The second-order valence-corrected chi connectivity index (χ2v) is 12.7. The number of alkyl halides is 3. The number of carbonyl (C=O) groups is 2. The van der Waals surface area contributed by atoms with Gasteiger partial charge in [0.25, 0.3) is 12.0 Å². The number of nitrogens with zero attached hydrogens (tertiary/aromatic N) is 2. The number of nitrogens with one attached hydrogen (secondary N) is 1. The van der Waals surface area contributed by atoms with Gasteiger partial charge in [-0.25, -0.2) is 17.6 Å². The van der Waals surface area contributed by atoms with Crippen LogP contribution in [0.15, 0.2) is 47.4 Å². The van der Waals surface area contributed by atoms with E-state index in [4.69, 9.17) is 0 Å². The molecule has 1 unspecified atom stereocenters. The number of amides is 1.